The molecule has 0 aliphatic heterocycles. The first-order chi connectivity index (χ1) is 10.3. The molecule has 0 N–H and O–H groups in total. The lowest BCUT2D eigenvalue weighted by Crippen LogP contribution is -2.06. The first kappa shape index (κ1) is 12.7. The van der Waals surface area contributed by atoms with Gasteiger partial charge in [0.1, 0.15) is 5.78 Å². The SMILES string of the molecule is O=C(Cc1ccc2cnsc2c1)C1CC1c1ccccc1. The lowest BCUT2D eigenvalue weighted by Gasteiger charge is -2.02. The van der Waals surface area contributed by atoms with Gasteiger partial charge in [-0.15, -0.1) is 0 Å². The fraction of sp³-hybridized carbons (Fsp3) is 0.222. The molecule has 1 aromatic heterocycles. The van der Waals surface area contributed by atoms with Gasteiger partial charge in [0.25, 0.3) is 0 Å². The van der Waals surface area contributed by atoms with Crippen LogP contribution in [-0.2, 0) is 11.2 Å². The minimum atomic E-state index is 0.213. The van der Waals surface area contributed by atoms with Crippen LogP contribution in [0.2, 0.25) is 0 Å². The van der Waals surface area contributed by atoms with Gasteiger partial charge in [-0.1, -0.05) is 42.5 Å². The highest BCUT2D eigenvalue weighted by Crippen LogP contribution is 2.48. The fourth-order valence-electron chi connectivity index (χ4n) is 2.97. The first-order valence-corrected chi connectivity index (χ1v) is 7.99. The van der Waals surface area contributed by atoms with Crippen LogP contribution in [0.25, 0.3) is 10.1 Å². The number of carbonyl (C=O) groups is 1. The average molecular weight is 293 g/mol. The van der Waals surface area contributed by atoms with Gasteiger partial charge in [0.15, 0.2) is 0 Å². The monoisotopic (exact) mass is 293 g/mol. The number of ketones is 1. The Morgan fingerprint density at radius 1 is 1.19 bits per heavy atom. The standard InChI is InChI=1S/C18H15NOS/c20-17(16-10-15(16)13-4-2-1-3-5-13)8-12-6-7-14-11-19-21-18(14)9-12/h1-7,9,11,15-16H,8,10H2. The van der Waals surface area contributed by atoms with Gasteiger partial charge in [0.05, 0.1) is 4.70 Å². The summed E-state index contributed by atoms with van der Waals surface area (Å²) in [6, 6.07) is 16.6. The van der Waals surface area contributed by atoms with Crippen LogP contribution in [0.3, 0.4) is 0 Å². The van der Waals surface area contributed by atoms with Crippen molar-refractivity contribution >= 4 is 27.4 Å². The normalized spacial score (nSPS) is 20.6. The molecule has 3 aromatic rings. The van der Waals surface area contributed by atoms with Crippen molar-refractivity contribution in [2.24, 2.45) is 5.92 Å². The van der Waals surface area contributed by atoms with Crippen LogP contribution < -0.4 is 0 Å². The molecular formula is C18H15NOS. The summed E-state index contributed by atoms with van der Waals surface area (Å²) in [4.78, 5) is 12.4. The Balaban J connectivity index is 1.47. The van der Waals surface area contributed by atoms with Crippen LogP contribution in [0, 0.1) is 5.92 Å². The lowest BCUT2D eigenvalue weighted by atomic mass is 10.0. The Labute approximate surface area is 127 Å². The van der Waals surface area contributed by atoms with Gasteiger partial charge in [-0.2, -0.15) is 4.37 Å². The van der Waals surface area contributed by atoms with E-state index in [9.17, 15) is 4.79 Å². The van der Waals surface area contributed by atoms with Crippen molar-refractivity contribution in [2.45, 2.75) is 18.8 Å². The molecule has 1 aliphatic rings. The highest BCUT2D eigenvalue weighted by molar-refractivity contribution is 7.13. The molecule has 2 aromatic carbocycles. The van der Waals surface area contributed by atoms with Gasteiger partial charge < -0.3 is 0 Å². The summed E-state index contributed by atoms with van der Waals surface area (Å²) < 4.78 is 5.34. The Morgan fingerprint density at radius 3 is 2.90 bits per heavy atom. The molecule has 0 amide bonds. The minimum Gasteiger partial charge on any atom is -0.299 e. The van der Waals surface area contributed by atoms with Crippen molar-refractivity contribution in [2.75, 3.05) is 0 Å². The Hall–Kier alpha value is -2.00. The second kappa shape index (κ2) is 5.08. The maximum Gasteiger partial charge on any atom is 0.140 e. The van der Waals surface area contributed by atoms with Crippen molar-refractivity contribution in [1.29, 1.82) is 0 Å². The first-order valence-electron chi connectivity index (χ1n) is 7.22. The summed E-state index contributed by atoms with van der Waals surface area (Å²) in [6.07, 6.45) is 3.42. The third kappa shape index (κ3) is 2.49. The van der Waals surface area contributed by atoms with E-state index in [1.54, 1.807) is 0 Å². The topological polar surface area (TPSA) is 30.0 Å². The molecule has 2 nitrogen and oxygen atoms in total. The van der Waals surface area contributed by atoms with Crippen LogP contribution in [0.15, 0.2) is 54.7 Å². The Kier molecular flexibility index (Phi) is 3.08. The zero-order valence-corrected chi connectivity index (χ0v) is 12.3. The Bertz CT molecular complexity index is 793. The number of nitrogens with zero attached hydrogens (tertiary/aromatic N) is 1. The molecule has 1 fully saturated rings. The largest absolute Gasteiger partial charge is 0.299 e. The second-order valence-corrected chi connectivity index (χ2v) is 6.53. The van der Waals surface area contributed by atoms with E-state index in [0.717, 1.165) is 22.1 Å². The third-order valence-electron chi connectivity index (χ3n) is 4.23. The Morgan fingerprint density at radius 2 is 2.05 bits per heavy atom. The van der Waals surface area contributed by atoms with E-state index in [1.807, 2.05) is 24.4 Å². The molecular weight excluding hydrogens is 278 g/mol. The number of hydrogen-bond donors (Lipinski definition) is 0. The highest BCUT2D eigenvalue weighted by atomic mass is 32.1. The van der Waals surface area contributed by atoms with E-state index in [2.05, 4.69) is 34.7 Å². The molecule has 21 heavy (non-hydrogen) atoms. The smallest absolute Gasteiger partial charge is 0.140 e. The maximum absolute atomic E-state index is 12.4. The minimum absolute atomic E-state index is 0.213. The average Bonchev–Trinajstić information content (AvgIpc) is 3.19. The predicted molar refractivity (Wildman–Crippen MR) is 85.6 cm³/mol. The van der Waals surface area contributed by atoms with Crippen molar-refractivity contribution in [3.8, 4) is 0 Å². The van der Waals surface area contributed by atoms with Crippen LogP contribution in [0.1, 0.15) is 23.5 Å². The number of rotatable bonds is 4. The number of hydrogen-bond acceptors (Lipinski definition) is 3. The molecule has 2 unspecified atom stereocenters. The van der Waals surface area contributed by atoms with Crippen LogP contribution >= 0.6 is 11.5 Å². The molecule has 104 valence electrons. The van der Waals surface area contributed by atoms with Gasteiger partial charge in [0, 0.05) is 23.9 Å². The van der Waals surface area contributed by atoms with E-state index < -0.39 is 0 Å². The number of aromatic nitrogens is 1. The van der Waals surface area contributed by atoms with E-state index in [0.29, 0.717) is 18.1 Å². The van der Waals surface area contributed by atoms with E-state index in [4.69, 9.17) is 0 Å². The van der Waals surface area contributed by atoms with E-state index in [1.165, 1.54) is 17.1 Å². The number of carbonyl (C=O) groups excluding carboxylic acids is 1. The van der Waals surface area contributed by atoms with Crippen molar-refractivity contribution in [1.82, 2.24) is 4.37 Å². The quantitative estimate of drug-likeness (QED) is 0.721. The summed E-state index contributed by atoms with van der Waals surface area (Å²) in [6.45, 7) is 0. The van der Waals surface area contributed by atoms with Crippen molar-refractivity contribution < 1.29 is 4.79 Å². The summed E-state index contributed by atoms with van der Waals surface area (Å²) >= 11 is 1.49. The molecule has 0 saturated heterocycles. The summed E-state index contributed by atoms with van der Waals surface area (Å²) in [5, 5.41) is 1.16. The van der Waals surface area contributed by atoms with Gasteiger partial charge in [-0.25, -0.2) is 0 Å². The van der Waals surface area contributed by atoms with Gasteiger partial charge in [0.2, 0.25) is 0 Å². The third-order valence-corrected chi connectivity index (χ3v) is 4.99. The van der Waals surface area contributed by atoms with Gasteiger partial charge >= 0.3 is 0 Å². The van der Waals surface area contributed by atoms with Crippen LogP contribution in [0.4, 0.5) is 0 Å². The summed E-state index contributed by atoms with van der Waals surface area (Å²) in [5.74, 6) is 1.02. The molecule has 1 saturated carbocycles. The van der Waals surface area contributed by atoms with Crippen molar-refractivity contribution in [3.63, 3.8) is 0 Å². The zero-order chi connectivity index (χ0) is 14.2. The van der Waals surface area contributed by atoms with Gasteiger partial charge in [-0.05, 0) is 41.1 Å². The highest BCUT2D eigenvalue weighted by Gasteiger charge is 2.43. The molecule has 0 bridgehead atoms. The number of benzene rings is 2. The van der Waals surface area contributed by atoms with Crippen LogP contribution in [-0.4, -0.2) is 10.2 Å². The molecule has 0 radical (unpaired) electrons. The fourth-order valence-corrected chi connectivity index (χ4v) is 3.68. The molecule has 1 aliphatic carbocycles. The predicted octanol–water partition coefficient (Wildman–Crippen LogP) is 4.21. The van der Waals surface area contributed by atoms with E-state index >= 15 is 0 Å². The van der Waals surface area contributed by atoms with Crippen LogP contribution in [0.5, 0.6) is 0 Å². The van der Waals surface area contributed by atoms with Crippen molar-refractivity contribution in [3.05, 3.63) is 65.9 Å². The molecule has 0 spiro atoms. The summed E-state index contributed by atoms with van der Waals surface area (Å²) in [7, 11) is 0. The number of Topliss-reactive ketones (excluding diaryl/α,β-unsaturated/α-hetero) is 1. The lowest BCUT2D eigenvalue weighted by molar-refractivity contribution is -0.119. The molecule has 1 heterocycles. The maximum atomic E-state index is 12.4. The molecule has 2 atom stereocenters. The summed E-state index contributed by atoms with van der Waals surface area (Å²) in [5.41, 5.74) is 2.41. The second-order valence-electron chi connectivity index (χ2n) is 5.70. The number of fused-ring (bicyclic) bond motifs is 1. The molecule has 4 rings (SSSR count). The molecule has 3 heteroatoms. The van der Waals surface area contributed by atoms with E-state index in [-0.39, 0.29) is 5.92 Å². The zero-order valence-electron chi connectivity index (χ0n) is 11.5. The van der Waals surface area contributed by atoms with Gasteiger partial charge in [-0.3, -0.25) is 4.79 Å².